The first-order chi connectivity index (χ1) is 9.53. The molecular weight excluding hydrogens is 269 g/mol. The van der Waals surface area contributed by atoms with Crippen LogP contribution in [0.25, 0.3) is 0 Å². The quantitative estimate of drug-likeness (QED) is 0.836. The number of hydrogen-bond acceptors (Lipinski definition) is 3. The molecule has 1 aromatic rings. The predicted molar refractivity (Wildman–Crippen MR) is 70.8 cm³/mol. The van der Waals surface area contributed by atoms with E-state index in [0.717, 1.165) is 31.5 Å². The smallest absolute Gasteiger partial charge is 0.422 e. The highest BCUT2D eigenvalue weighted by atomic mass is 19.4. The van der Waals surface area contributed by atoms with E-state index in [1.54, 1.807) is 6.07 Å². The average Bonchev–Trinajstić information content (AvgIpc) is 2.44. The molecule has 1 atom stereocenters. The third-order valence-corrected chi connectivity index (χ3v) is 3.09. The van der Waals surface area contributed by atoms with Crippen LogP contribution in [0.4, 0.5) is 18.9 Å². The van der Waals surface area contributed by atoms with E-state index in [4.69, 9.17) is 0 Å². The molecular formula is C14H17F3N2O. The number of alkyl halides is 3. The Bertz CT molecular complexity index is 443. The fourth-order valence-corrected chi connectivity index (χ4v) is 2.03. The lowest BCUT2D eigenvalue weighted by Gasteiger charge is -2.18. The Morgan fingerprint density at radius 3 is 2.75 bits per heavy atom. The molecule has 0 radical (unpaired) electrons. The topological polar surface area (TPSA) is 34.1 Å². The molecule has 1 aliphatic rings. The minimum absolute atomic E-state index is 0.0199. The van der Waals surface area contributed by atoms with Gasteiger partial charge in [0, 0.05) is 12.6 Å². The van der Waals surface area contributed by atoms with Crippen molar-refractivity contribution >= 4 is 5.69 Å². The summed E-state index contributed by atoms with van der Waals surface area (Å²) in [5.74, 6) is 0.578. The van der Waals surface area contributed by atoms with Gasteiger partial charge >= 0.3 is 6.18 Å². The van der Waals surface area contributed by atoms with E-state index in [1.807, 2.05) is 0 Å². The second-order valence-corrected chi connectivity index (χ2v) is 4.82. The molecule has 0 aliphatic heterocycles. The zero-order valence-electron chi connectivity index (χ0n) is 11.0. The molecule has 3 nitrogen and oxygen atoms in total. The second-order valence-electron chi connectivity index (χ2n) is 4.82. The number of anilines is 1. The maximum atomic E-state index is 12.0. The van der Waals surface area contributed by atoms with Crippen LogP contribution in [-0.2, 0) is 0 Å². The minimum Gasteiger partial charge on any atom is -0.468 e. The molecule has 0 saturated heterocycles. The van der Waals surface area contributed by atoms with Crippen LogP contribution in [0.1, 0.15) is 19.3 Å². The Morgan fingerprint density at radius 2 is 2.15 bits per heavy atom. The van der Waals surface area contributed by atoms with Crippen LogP contribution in [0.2, 0.25) is 0 Å². The van der Waals surface area contributed by atoms with Crippen LogP contribution in [0.3, 0.4) is 0 Å². The lowest BCUT2D eigenvalue weighted by atomic mass is 9.94. The monoisotopic (exact) mass is 286 g/mol. The fraction of sp³-hybridized carbons (Fsp3) is 0.500. The van der Waals surface area contributed by atoms with Gasteiger partial charge in [0.15, 0.2) is 6.61 Å². The van der Waals surface area contributed by atoms with E-state index in [-0.39, 0.29) is 5.88 Å². The lowest BCUT2D eigenvalue weighted by molar-refractivity contribution is -0.154. The third kappa shape index (κ3) is 5.11. The number of rotatable bonds is 5. The Hall–Kier alpha value is -1.72. The van der Waals surface area contributed by atoms with E-state index in [9.17, 15) is 13.2 Å². The number of allylic oxidation sites excluding steroid dienone is 2. The van der Waals surface area contributed by atoms with Gasteiger partial charge < -0.3 is 10.1 Å². The molecule has 1 aliphatic carbocycles. The van der Waals surface area contributed by atoms with E-state index in [2.05, 4.69) is 27.2 Å². The largest absolute Gasteiger partial charge is 0.468 e. The van der Waals surface area contributed by atoms with Crippen molar-refractivity contribution in [3.63, 3.8) is 0 Å². The van der Waals surface area contributed by atoms with Crippen molar-refractivity contribution in [2.75, 3.05) is 18.5 Å². The summed E-state index contributed by atoms with van der Waals surface area (Å²) in [6.07, 6.45) is 4.84. The summed E-state index contributed by atoms with van der Waals surface area (Å²) in [6.45, 7) is -0.476. The number of hydrogen-bond donors (Lipinski definition) is 1. The lowest BCUT2D eigenvalue weighted by Crippen LogP contribution is -2.19. The van der Waals surface area contributed by atoms with Crippen LogP contribution in [-0.4, -0.2) is 24.3 Å². The molecule has 0 saturated carbocycles. The Balaban J connectivity index is 1.77. The fourth-order valence-electron chi connectivity index (χ4n) is 2.03. The highest BCUT2D eigenvalue weighted by Crippen LogP contribution is 2.20. The molecule has 1 heterocycles. The minimum atomic E-state index is -4.34. The first-order valence-electron chi connectivity index (χ1n) is 6.57. The van der Waals surface area contributed by atoms with Crippen LogP contribution in [0.15, 0.2) is 30.5 Å². The molecule has 1 unspecified atom stereocenters. The summed E-state index contributed by atoms with van der Waals surface area (Å²) < 4.78 is 40.5. The maximum absolute atomic E-state index is 12.0. The zero-order valence-corrected chi connectivity index (χ0v) is 11.0. The van der Waals surface area contributed by atoms with Crippen LogP contribution >= 0.6 is 0 Å². The number of halogens is 3. The Kier molecular flexibility index (Phi) is 4.87. The van der Waals surface area contributed by atoms with Crippen LogP contribution in [0, 0.1) is 5.92 Å². The van der Waals surface area contributed by atoms with Crippen molar-refractivity contribution in [2.24, 2.45) is 5.92 Å². The second kappa shape index (κ2) is 6.63. The van der Waals surface area contributed by atoms with Gasteiger partial charge in [0.25, 0.3) is 0 Å². The standard InChI is InChI=1S/C14H17F3N2O/c15-14(16,17)10-20-13-7-6-12(9-19-13)18-8-11-4-2-1-3-5-11/h1-2,6-7,9,11,18H,3-5,8,10H2. The average molecular weight is 286 g/mol. The molecule has 20 heavy (non-hydrogen) atoms. The van der Waals surface area contributed by atoms with Gasteiger partial charge in [0.2, 0.25) is 5.88 Å². The SMILES string of the molecule is FC(F)(F)COc1ccc(NCC2CC=CCC2)cn1. The summed E-state index contributed by atoms with van der Waals surface area (Å²) >= 11 is 0. The van der Waals surface area contributed by atoms with E-state index >= 15 is 0 Å². The Morgan fingerprint density at radius 1 is 1.30 bits per heavy atom. The summed E-state index contributed by atoms with van der Waals surface area (Å²) in [5.41, 5.74) is 0.791. The molecule has 0 aromatic carbocycles. The van der Waals surface area contributed by atoms with Gasteiger partial charge in [0.05, 0.1) is 11.9 Å². The molecule has 0 spiro atoms. The van der Waals surface area contributed by atoms with Crippen molar-refractivity contribution in [1.82, 2.24) is 4.98 Å². The van der Waals surface area contributed by atoms with Gasteiger partial charge in [-0.25, -0.2) is 4.98 Å². The van der Waals surface area contributed by atoms with Gasteiger partial charge in [-0.1, -0.05) is 12.2 Å². The number of nitrogens with zero attached hydrogens (tertiary/aromatic N) is 1. The maximum Gasteiger partial charge on any atom is 0.422 e. The number of pyridine rings is 1. The molecule has 1 aromatic heterocycles. The summed E-state index contributed by atoms with van der Waals surface area (Å²) in [6, 6.07) is 3.12. The van der Waals surface area contributed by atoms with Crippen molar-refractivity contribution < 1.29 is 17.9 Å². The highest BCUT2D eigenvalue weighted by molar-refractivity contribution is 5.42. The van der Waals surface area contributed by atoms with Crippen molar-refractivity contribution in [3.05, 3.63) is 30.5 Å². The van der Waals surface area contributed by atoms with Crippen molar-refractivity contribution in [3.8, 4) is 5.88 Å². The number of aromatic nitrogens is 1. The predicted octanol–water partition coefficient (Wildman–Crippen LogP) is 3.79. The first-order valence-corrected chi connectivity index (χ1v) is 6.57. The first kappa shape index (κ1) is 14.7. The summed E-state index contributed by atoms with van der Waals surface area (Å²) in [4.78, 5) is 3.85. The normalized spacial score (nSPS) is 18.9. The molecule has 0 bridgehead atoms. The molecule has 0 amide bonds. The summed E-state index contributed by atoms with van der Waals surface area (Å²) in [5, 5.41) is 3.24. The summed E-state index contributed by atoms with van der Waals surface area (Å²) in [7, 11) is 0. The molecule has 110 valence electrons. The van der Waals surface area contributed by atoms with Gasteiger partial charge in [-0.05, 0) is 31.2 Å². The number of nitrogens with one attached hydrogen (secondary N) is 1. The van der Waals surface area contributed by atoms with E-state index in [1.165, 1.54) is 12.3 Å². The van der Waals surface area contributed by atoms with Crippen molar-refractivity contribution in [2.45, 2.75) is 25.4 Å². The molecule has 0 fully saturated rings. The van der Waals surface area contributed by atoms with Crippen LogP contribution in [0.5, 0.6) is 5.88 Å². The van der Waals surface area contributed by atoms with Gasteiger partial charge in [-0.15, -0.1) is 0 Å². The third-order valence-electron chi connectivity index (χ3n) is 3.09. The van der Waals surface area contributed by atoms with E-state index < -0.39 is 12.8 Å². The molecule has 6 heteroatoms. The van der Waals surface area contributed by atoms with Crippen LogP contribution < -0.4 is 10.1 Å². The Labute approximate surface area is 115 Å². The van der Waals surface area contributed by atoms with Crippen molar-refractivity contribution in [1.29, 1.82) is 0 Å². The van der Waals surface area contributed by atoms with Gasteiger partial charge in [-0.2, -0.15) is 13.2 Å². The highest BCUT2D eigenvalue weighted by Gasteiger charge is 2.28. The molecule has 2 rings (SSSR count). The zero-order chi connectivity index (χ0) is 14.4. The number of ether oxygens (including phenoxy) is 1. The molecule has 1 N–H and O–H groups in total. The van der Waals surface area contributed by atoms with E-state index in [0.29, 0.717) is 5.92 Å². The van der Waals surface area contributed by atoms with Gasteiger partial charge in [0.1, 0.15) is 0 Å². The van der Waals surface area contributed by atoms with Gasteiger partial charge in [-0.3, -0.25) is 0 Å².